The third kappa shape index (κ3) is 4.01. The summed E-state index contributed by atoms with van der Waals surface area (Å²) in [5, 5.41) is 9.60. The molecule has 0 radical (unpaired) electrons. The van der Waals surface area contributed by atoms with Crippen LogP contribution in [0.5, 0.6) is 0 Å². The van der Waals surface area contributed by atoms with E-state index in [2.05, 4.69) is 115 Å². The molecule has 0 aliphatic carbocycles. The number of hydrogen-bond acceptors (Lipinski definition) is 2. The highest BCUT2D eigenvalue weighted by atomic mass is 14.9. The lowest BCUT2D eigenvalue weighted by Gasteiger charge is -2.17. The second-order valence-corrected chi connectivity index (χ2v) is 7.72. The van der Waals surface area contributed by atoms with Crippen molar-refractivity contribution in [2.24, 2.45) is 0 Å². The fourth-order valence-electron chi connectivity index (χ4n) is 4.05. The van der Waals surface area contributed by atoms with Crippen molar-refractivity contribution in [1.29, 1.82) is 0 Å². The Hall–Kier alpha value is -4.04. The Morgan fingerprint density at radius 3 is 1.90 bits per heavy atom. The van der Waals surface area contributed by atoms with Gasteiger partial charge in [0.2, 0.25) is 0 Å². The van der Waals surface area contributed by atoms with Gasteiger partial charge in [0.1, 0.15) is 0 Å². The quantitative estimate of drug-likeness (QED) is 0.310. The molecule has 150 valence electrons. The van der Waals surface area contributed by atoms with Gasteiger partial charge in [0.15, 0.2) is 0 Å². The minimum atomic E-state index is 1.06. The standard InChI is InChI=1S/C29H24N2/c1-21-9-7-16-28(29(21)27-15-8-11-22-10-5-6-14-26(22)27)31-25-19-17-24(18-20-25)30-23-12-3-2-4-13-23/h2-20,30-31H,1H3. The number of rotatable bonds is 5. The van der Waals surface area contributed by atoms with Crippen LogP contribution in [0.4, 0.5) is 22.7 Å². The molecule has 5 rings (SSSR count). The summed E-state index contributed by atoms with van der Waals surface area (Å²) < 4.78 is 0. The van der Waals surface area contributed by atoms with Crippen LogP contribution in [0.2, 0.25) is 0 Å². The first-order valence-corrected chi connectivity index (χ1v) is 10.5. The van der Waals surface area contributed by atoms with E-state index in [1.54, 1.807) is 0 Å². The molecule has 2 heteroatoms. The van der Waals surface area contributed by atoms with E-state index in [9.17, 15) is 0 Å². The summed E-state index contributed by atoms with van der Waals surface area (Å²) in [5.41, 5.74) is 8.07. The molecule has 0 fully saturated rings. The van der Waals surface area contributed by atoms with Gasteiger partial charge in [-0.3, -0.25) is 0 Å². The van der Waals surface area contributed by atoms with E-state index in [0.29, 0.717) is 0 Å². The Labute approximate surface area is 183 Å². The molecule has 0 aliphatic heterocycles. The fraction of sp³-hybridized carbons (Fsp3) is 0.0345. The van der Waals surface area contributed by atoms with Crippen molar-refractivity contribution in [3.63, 3.8) is 0 Å². The van der Waals surface area contributed by atoms with Crippen LogP contribution >= 0.6 is 0 Å². The number of para-hydroxylation sites is 1. The van der Waals surface area contributed by atoms with Gasteiger partial charge in [-0.25, -0.2) is 0 Å². The minimum absolute atomic E-state index is 1.06. The summed E-state index contributed by atoms with van der Waals surface area (Å²) in [6, 6.07) is 40.2. The molecule has 0 heterocycles. The predicted molar refractivity (Wildman–Crippen MR) is 134 cm³/mol. The molecule has 0 aromatic heterocycles. The molecule has 0 saturated carbocycles. The van der Waals surface area contributed by atoms with Gasteiger partial charge >= 0.3 is 0 Å². The largest absolute Gasteiger partial charge is 0.356 e. The van der Waals surface area contributed by atoms with Gasteiger partial charge < -0.3 is 10.6 Å². The number of aryl methyl sites for hydroxylation is 1. The average Bonchev–Trinajstić information content (AvgIpc) is 2.81. The number of hydrogen-bond donors (Lipinski definition) is 2. The first-order chi connectivity index (χ1) is 15.3. The first kappa shape index (κ1) is 19.0. The molecule has 0 unspecified atom stereocenters. The van der Waals surface area contributed by atoms with Crippen LogP contribution < -0.4 is 10.6 Å². The lowest BCUT2D eigenvalue weighted by molar-refractivity contribution is 1.44. The topological polar surface area (TPSA) is 24.1 Å². The Balaban J connectivity index is 1.47. The normalized spacial score (nSPS) is 10.7. The van der Waals surface area contributed by atoms with E-state index in [0.717, 1.165) is 22.7 Å². The van der Waals surface area contributed by atoms with Gasteiger partial charge in [0.25, 0.3) is 0 Å². The lowest BCUT2D eigenvalue weighted by atomic mass is 9.93. The maximum absolute atomic E-state index is 3.64. The van der Waals surface area contributed by atoms with Crippen molar-refractivity contribution in [2.75, 3.05) is 10.6 Å². The predicted octanol–water partition coefficient (Wildman–Crippen LogP) is 8.30. The molecule has 2 N–H and O–H groups in total. The maximum atomic E-state index is 3.64. The monoisotopic (exact) mass is 400 g/mol. The van der Waals surface area contributed by atoms with E-state index in [1.807, 2.05) is 18.2 Å². The zero-order valence-electron chi connectivity index (χ0n) is 17.5. The van der Waals surface area contributed by atoms with Crippen molar-refractivity contribution >= 4 is 33.5 Å². The van der Waals surface area contributed by atoms with Gasteiger partial charge in [0, 0.05) is 28.3 Å². The molecule has 5 aromatic carbocycles. The fourth-order valence-corrected chi connectivity index (χ4v) is 4.05. The second-order valence-electron chi connectivity index (χ2n) is 7.72. The average molecular weight is 401 g/mol. The highest BCUT2D eigenvalue weighted by Crippen LogP contribution is 2.37. The van der Waals surface area contributed by atoms with E-state index in [4.69, 9.17) is 0 Å². The van der Waals surface area contributed by atoms with Crippen LogP contribution in [0.1, 0.15) is 5.56 Å². The minimum Gasteiger partial charge on any atom is -0.356 e. The number of benzene rings is 5. The molecular formula is C29H24N2. The number of anilines is 4. The van der Waals surface area contributed by atoms with Crippen molar-refractivity contribution in [3.8, 4) is 11.1 Å². The molecule has 2 nitrogen and oxygen atoms in total. The smallest absolute Gasteiger partial charge is 0.0466 e. The number of fused-ring (bicyclic) bond motifs is 1. The van der Waals surface area contributed by atoms with Crippen molar-refractivity contribution in [2.45, 2.75) is 6.92 Å². The van der Waals surface area contributed by atoms with Crippen LogP contribution in [0.25, 0.3) is 21.9 Å². The third-order valence-corrected chi connectivity index (χ3v) is 5.56. The van der Waals surface area contributed by atoms with Gasteiger partial charge in [-0.1, -0.05) is 72.8 Å². The molecule has 5 aromatic rings. The van der Waals surface area contributed by atoms with E-state index >= 15 is 0 Å². The Morgan fingerprint density at radius 1 is 0.484 bits per heavy atom. The molecule has 0 atom stereocenters. The first-order valence-electron chi connectivity index (χ1n) is 10.5. The zero-order chi connectivity index (χ0) is 21.0. The van der Waals surface area contributed by atoms with Gasteiger partial charge in [-0.15, -0.1) is 0 Å². The summed E-state index contributed by atoms with van der Waals surface area (Å²) in [6.45, 7) is 2.18. The van der Waals surface area contributed by atoms with E-state index in [1.165, 1.54) is 27.5 Å². The third-order valence-electron chi connectivity index (χ3n) is 5.56. The molecule has 0 spiro atoms. The molecule has 0 amide bonds. The molecular weight excluding hydrogens is 376 g/mol. The van der Waals surface area contributed by atoms with Gasteiger partial charge in [0.05, 0.1) is 0 Å². The summed E-state index contributed by atoms with van der Waals surface area (Å²) in [4.78, 5) is 0. The van der Waals surface area contributed by atoms with Crippen molar-refractivity contribution < 1.29 is 0 Å². The van der Waals surface area contributed by atoms with Gasteiger partial charge in [-0.2, -0.15) is 0 Å². The second kappa shape index (κ2) is 8.37. The zero-order valence-corrected chi connectivity index (χ0v) is 17.5. The highest BCUT2D eigenvalue weighted by molar-refractivity contribution is 6.01. The SMILES string of the molecule is Cc1cccc(Nc2ccc(Nc3ccccc3)cc2)c1-c1cccc2ccccc12. The van der Waals surface area contributed by atoms with Crippen LogP contribution in [-0.4, -0.2) is 0 Å². The van der Waals surface area contributed by atoms with Crippen molar-refractivity contribution in [3.05, 3.63) is 121 Å². The Morgan fingerprint density at radius 2 is 1.10 bits per heavy atom. The Bertz CT molecular complexity index is 1320. The summed E-state index contributed by atoms with van der Waals surface area (Å²) in [7, 11) is 0. The highest BCUT2D eigenvalue weighted by Gasteiger charge is 2.11. The number of nitrogens with one attached hydrogen (secondary N) is 2. The summed E-state index contributed by atoms with van der Waals surface area (Å²) in [6.07, 6.45) is 0. The molecule has 0 bridgehead atoms. The van der Waals surface area contributed by atoms with Gasteiger partial charge in [-0.05, 0) is 71.3 Å². The van der Waals surface area contributed by atoms with Crippen LogP contribution in [0.3, 0.4) is 0 Å². The molecule has 31 heavy (non-hydrogen) atoms. The maximum Gasteiger partial charge on any atom is 0.0466 e. The lowest BCUT2D eigenvalue weighted by Crippen LogP contribution is -1.96. The molecule has 0 saturated heterocycles. The summed E-state index contributed by atoms with van der Waals surface area (Å²) >= 11 is 0. The Kier molecular flexibility index (Phi) is 5.12. The van der Waals surface area contributed by atoms with E-state index < -0.39 is 0 Å². The molecule has 0 aliphatic rings. The van der Waals surface area contributed by atoms with Crippen LogP contribution in [0.15, 0.2) is 115 Å². The van der Waals surface area contributed by atoms with Crippen molar-refractivity contribution in [1.82, 2.24) is 0 Å². The summed E-state index contributed by atoms with van der Waals surface area (Å²) in [5.74, 6) is 0. The van der Waals surface area contributed by atoms with E-state index in [-0.39, 0.29) is 0 Å². The van der Waals surface area contributed by atoms with Crippen LogP contribution in [0, 0.1) is 6.92 Å². The van der Waals surface area contributed by atoms with Crippen LogP contribution in [-0.2, 0) is 0 Å².